The molecule has 2 N–H and O–H groups in total. The molecule has 102 valence electrons. The minimum absolute atomic E-state index is 0.0167. The Labute approximate surface area is 117 Å². The van der Waals surface area contributed by atoms with E-state index in [2.05, 4.69) is 10.6 Å². The summed E-state index contributed by atoms with van der Waals surface area (Å²) in [5.74, 6) is -0.119. The number of amides is 2. The number of hydrogen-bond donors (Lipinski definition) is 2. The maximum absolute atomic E-state index is 12.0. The highest BCUT2D eigenvalue weighted by Gasteiger charge is 2.23. The monoisotopic (exact) mass is 278 g/mol. The van der Waals surface area contributed by atoms with Crippen LogP contribution >= 0.6 is 11.8 Å². The van der Waals surface area contributed by atoms with Crippen molar-refractivity contribution in [3.05, 3.63) is 23.8 Å². The maximum Gasteiger partial charge on any atom is 0.251 e. The van der Waals surface area contributed by atoms with E-state index in [1.54, 1.807) is 12.1 Å². The minimum atomic E-state index is -0.102. The standard InChI is InChI=1S/C14H18N2O2S/c1-4-8(2)15-14(18)10-5-6-12-11(7-10)16-13(17)9(3)19-12/h5-9H,4H2,1-3H3,(H,15,18)(H,16,17)/t8-,9+/m0/s1. The number of nitrogens with one attached hydrogen (secondary N) is 2. The van der Waals surface area contributed by atoms with E-state index in [-0.39, 0.29) is 23.1 Å². The Hall–Kier alpha value is -1.49. The molecule has 0 radical (unpaired) electrons. The van der Waals surface area contributed by atoms with Crippen LogP contribution in [0.15, 0.2) is 23.1 Å². The van der Waals surface area contributed by atoms with Crippen LogP contribution in [-0.4, -0.2) is 23.1 Å². The predicted molar refractivity (Wildman–Crippen MR) is 77.6 cm³/mol. The smallest absolute Gasteiger partial charge is 0.251 e. The fourth-order valence-corrected chi connectivity index (χ4v) is 2.69. The van der Waals surface area contributed by atoms with Crippen LogP contribution in [0.4, 0.5) is 5.69 Å². The van der Waals surface area contributed by atoms with E-state index in [0.29, 0.717) is 5.56 Å². The van der Waals surface area contributed by atoms with Gasteiger partial charge in [-0.05, 0) is 38.5 Å². The van der Waals surface area contributed by atoms with E-state index >= 15 is 0 Å². The van der Waals surface area contributed by atoms with Crippen LogP contribution in [0.25, 0.3) is 0 Å². The van der Waals surface area contributed by atoms with Crippen molar-refractivity contribution in [1.82, 2.24) is 5.32 Å². The number of thioether (sulfide) groups is 1. The van der Waals surface area contributed by atoms with E-state index in [1.165, 1.54) is 11.8 Å². The Balaban J connectivity index is 2.19. The molecule has 2 amide bonds. The number of hydrogen-bond acceptors (Lipinski definition) is 3. The number of rotatable bonds is 3. The number of fused-ring (bicyclic) bond motifs is 1. The van der Waals surface area contributed by atoms with Gasteiger partial charge in [-0.25, -0.2) is 0 Å². The van der Waals surface area contributed by atoms with Crippen molar-refractivity contribution >= 4 is 29.3 Å². The topological polar surface area (TPSA) is 58.2 Å². The van der Waals surface area contributed by atoms with E-state index in [0.717, 1.165) is 17.0 Å². The zero-order valence-corrected chi connectivity index (χ0v) is 12.1. The summed E-state index contributed by atoms with van der Waals surface area (Å²) in [5, 5.41) is 5.66. The molecular formula is C14H18N2O2S. The highest BCUT2D eigenvalue weighted by atomic mass is 32.2. The molecule has 0 aliphatic carbocycles. The van der Waals surface area contributed by atoms with Gasteiger partial charge in [-0.2, -0.15) is 0 Å². The lowest BCUT2D eigenvalue weighted by Gasteiger charge is -2.22. The van der Waals surface area contributed by atoms with Crippen molar-refractivity contribution in [2.24, 2.45) is 0 Å². The Morgan fingerprint density at radius 2 is 2.26 bits per heavy atom. The average molecular weight is 278 g/mol. The van der Waals surface area contributed by atoms with Crippen LogP contribution in [-0.2, 0) is 4.79 Å². The van der Waals surface area contributed by atoms with Crippen LogP contribution < -0.4 is 10.6 Å². The maximum atomic E-state index is 12.0. The first kappa shape index (κ1) is 13.9. The third-order valence-electron chi connectivity index (χ3n) is 3.16. The van der Waals surface area contributed by atoms with Crippen molar-refractivity contribution in [2.75, 3.05) is 5.32 Å². The van der Waals surface area contributed by atoms with Gasteiger partial charge in [0.15, 0.2) is 0 Å². The minimum Gasteiger partial charge on any atom is -0.350 e. The van der Waals surface area contributed by atoms with Gasteiger partial charge in [-0.1, -0.05) is 6.92 Å². The van der Waals surface area contributed by atoms with Crippen molar-refractivity contribution in [2.45, 2.75) is 43.4 Å². The van der Waals surface area contributed by atoms with E-state index < -0.39 is 0 Å². The summed E-state index contributed by atoms with van der Waals surface area (Å²) < 4.78 is 0. The zero-order chi connectivity index (χ0) is 14.0. The van der Waals surface area contributed by atoms with E-state index in [4.69, 9.17) is 0 Å². The van der Waals surface area contributed by atoms with Gasteiger partial charge in [0.2, 0.25) is 5.91 Å². The molecule has 2 atom stereocenters. The van der Waals surface area contributed by atoms with Crippen molar-refractivity contribution < 1.29 is 9.59 Å². The number of carbonyl (C=O) groups excluding carboxylic acids is 2. The summed E-state index contributed by atoms with van der Waals surface area (Å²) >= 11 is 1.52. The molecule has 5 heteroatoms. The van der Waals surface area contributed by atoms with Gasteiger partial charge >= 0.3 is 0 Å². The zero-order valence-electron chi connectivity index (χ0n) is 11.3. The summed E-state index contributed by atoms with van der Waals surface area (Å²) in [6.07, 6.45) is 0.890. The molecule has 2 rings (SSSR count). The number of anilines is 1. The lowest BCUT2D eigenvalue weighted by atomic mass is 10.1. The summed E-state index contributed by atoms with van der Waals surface area (Å²) in [6, 6.07) is 5.58. The summed E-state index contributed by atoms with van der Waals surface area (Å²) in [5.41, 5.74) is 1.31. The molecule has 0 saturated heterocycles. The molecule has 0 unspecified atom stereocenters. The molecule has 1 heterocycles. The Morgan fingerprint density at radius 1 is 1.53 bits per heavy atom. The molecule has 0 fully saturated rings. The molecule has 0 aromatic heterocycles. The number of carbonyl (C=O) groups is 2. The largest absolute Gasteiger partial charge is 0.350 e. The second kappa shape index (κ2) is 5.65. The van der Waals surface area contributed by atoms with E-state index in [1.807, 2.05) is 26.8 Å². The summed E-state index contributed by atoms with van der Waals surface area (Å²) in [6.45, 7) is 5.86. The molecular weight excluding hydrogens is 260 g/mol. The predicted octanol–water partition coefficient (Wildman–Crippen LogP) is 2.65. The molecule has 1 aliphatic rings. The van der Waals surface area contributed by atoms with Crippen molar-refractivity contribution in [3.8, 4) is 0 Å². The molecule has 0 spiro atoms. The second-order valence-electron chi connectivity index (χ2n) is 4.74. The molecule has 19 heavy (non-hydrogen) atoms. The third-order valence-corrected chi connectivity index (χ3v) is 4.34. The fourth-order valence-electron chi connectivity index (χ4n) is 1.76. The Morgan fingerprint density at radius 3 is 2.95 bits per heavy atom. The quantitative estimate of drug-likeness (QED) is 0.893. The van der Waals surface area contributed by atoms with Crippen LogP contribution in [0.3, 0.4) is 0 Å². The Kier molecular flexibility index (Phi) is 4.14. The van der Waals surface area contributed by atoms with Crippen molar-refractivity contribution in [1.29, 1.82) is 0 Å². The van der Waals surface area contributed by atoms with Gasteiger partial charge in [0, 0.05) is 16.5 Å². The first-order chi connectivity index (χ1) is 9.01. The van der Waals surface area contributed by atoms with Gasteiger partial charge in [0.05, 0.1) is 10.9 Å². The van der Waals surface area contributed by atoms with Gasteiger partial charge in [-0.3, -0.25) is 9.59 Å². The van der Waals surface area contributed by atoms with Gasteiger partial charge in [0.1, 0.15) is 0 Å². The first-order valence-electron chi connectivity index (χ1n) is 6.43. The molecule has 1 aromatic carbocycles. The highest BCUT2D eigenvalue weighted by Crippen LogP contribution is 2.35. The average Bonchev–Trinajstić information content (AvgIpc) is 2.39. The summed E-state index contributed by atoms with van der Waals surface area (Å²) in [7, 11) is 0. The normalized spacial score (nSPS) is 19.3. The fraction of sp³-hybridized carbons (Fsp3) is 0.429. The Bertz CT molecular complexity index is 516. The first-order valence-corrected chi connectivity index (χ1v) is 7.31. The van der Waals surface area contributed by atoms with Crippen LogP contribution in [0.2, 0.25) is 0 Å². The third kappa shape index (κ3) is 3.10. The highest BCUT2D eigenvalue weighted by molar-refractivity contribution is 8.00. The molecule has 1 aromatic rings. The molecule has 1 aliphatic heterocycles. The summed E-state index contributed by atoms with van der Waals surface area (Å²) in [4.78, 5) is 24.7. The van der Waals surface area contributed by atoms with Gasteiger partial charge < -0.3 is 10.6 Å². The van der Waals surface area contributed by atoms with Gasteiger partial charge in [-0.15, -0.1) is 11.8 Å². The molecule has 0 bridgehead atoms. The van der Waals surface area contributed by atoms with Crippen LogP contribution in [0.5, 0.6) is 0 Å². The lowest BCUT2D eigenvalue weighted by molar-refractivity contribution is -0.115. The van der Waals surface area contributed by atoms with Crippen molar-refractivity contribution in [3.63, 3.8) is 0 Å². The molecule has 4 nitrogen and oxygen atoms in total. The molecule has 0 saturated carbocycles. The van der Waals surface area contributed by atoms with Gasteiger partial charge in [0.25, 0.3) is 5.91 Å². The SMILES string of the molecule is CC[C@H](C)NC(=O)c1ccc2c(c1)NC(=O)[C@@H](C)S2. The lowest BCUT2D eigenvalue weighted by Crippen LogP contribution is -2.32. The second-order valence-corrected chi connectivity index (χ2v) is 6.13. The van der Waals surface area contributed by atoms with E-state index in [9.17, 15) is 9.59 Å². The van der Waals surface area contributed by atoms with Crippen LogP contribution in [0, 0.1) is 0 Å². The number of benzene rings is 1. The van der Waals surface area contributed by atoms with Crippen LogP contribution in [0.1, 0.15) is 37.6 Å².